The molecule has 0 aromatic rings. The zero-order valence-electron chi connectivity index (χ0n) is 10.8. The number of nitrogens with zero attached hydrogens (tertiary/aromatic N) is 2. The number of amides is 1. The van der Waals surface area contributed by atoms with Gasteiger partial charge in [0.25, 0.3) is 0 Å². The van der Waals surface area contributed by atoms with E-state index in [-0.39, 0.29) is 28.7 Å². The van der Waals surface area contributed by atoms with Gasteiger partial charge in [0.15, 0.2) is 15.0 Å². The van der Waals surface area contributed by atoms with Crippen LogP contribution in [0.3, 0.4) is 0 Å². The molecule has 7 heteroatoms. The minimum absolute atomic E-state index is 0.0226. The van der Waals surface area contributed by atoms with Crippen LogP contribution < -0.4 is 0 Å². The third kappa shape index (κ3) is 2.88. The summed E-state index contributed by atoms with van der Waals surface area (Å²) in [6, 6.07) is -0.0226. The molecule has 2 unspecified atom stereocenters. The molecular formula is C11H18N2O3S2. The van der Waals surface area contributed by atoms with Crippen LogP contribution in [-0.4, -0.2) is 54.2 Å². The van der Waals surface area contributed by atoms with Crippen LogP contribution in [0.4, 0.5) is 0 Å². The van der Waals surface area contributed by atoms with E-state index in [9.17, 15) is 13.2 Å². The fourth-order valence-electron chi connectivity index (χ4n) is 2.24. The van der Waals surface area contributed by atoms with Crippen molar-refractivity contribution in [3.63, 3.8) is 0 Å². The first kappa shape index (κ1) is 13.9. The molecule has 0 radical (unpaired) electrons. The van der Waals surface area contributed by atoms with Crippen molar-refractivity contribution >= 4 is 32.7 Å². The van der Waals surface area contributed by atoms with Gasteiger partial charge in [0.1, 0.15) is 0 Å². The number of sulfone groups is 1. The van der Waals surface area contributed by atoms with Crippen LogP contribution in [0.25, 0.3) is 0 Å². The molecule has 2 aliphatic heterocycles. The minimum atomic E-state index is -2.91. The average Bonchev–Trinajstić information content (AvgIpc) is 2.61. The van der Waals surface area contributed by atoms with Crippen LogP contribution >= 0.6 is 11.8 Å². The summed E-state index contributed by atoms with van der Waals surface area (Å²) in [5.41, 5.74) is 0. The zero-order chi connectivity index (χ0) is 13.5. The van der Waals surface area contributed by atoms with E-state index in [0.717, 1.165) is 0 Å². The molecule has 2 fully saturated rings. The molecule has 2 heterocycles. The number of carbonyl (C=O) groups is 1. The van der Waals surface area contributed by atoms with Crippen molar-refractivity contribution in [1.29, 1.82) is 0 Å². The van der Waals surface area contributed by atoms with Gasteiger partial charge in [-0.15, -0.1) is 0 Å². The maximum absolute atomic E-state index is 11.7. The number of aliphatic imine (C=N–C) groups is 1. The summed E-state index contributed by atoms with van der Waals surface area (Å²) in [6.45, 7) is 3.95. The largest absolute Gasteiger partial charge is 0.349 e. The maximum Gasteiger partial charge on any atom is 0.248 e. The molecule has 2 aliphatic rings. The molecule has 2 rings (SSSR count). The normalized spacial score (nSPS) is 32.2. The third-order valence-corrected chi connectivity index (χ3v) is 6.43. The Bertz CT molecular complexity index is 485. The van der Waals surface area contributed by atoms with Crippen molar-refractivity contribution in [3.8, 4) is 0 Å². The fourth-order valence-corrected chi connectivity index (χ4v) is 6.25. The van der Waals surface area contributed by atoms with Crippen molar-refractivity contribution < 1.29 is 13.2 Å². The smallest absolute Gasteiger partial charge is 0.248 e. The van der Waals surface area contributed by atoms with E-state index in [0.29, 0.717) is 17.5 Å². The first-order valence-electron chi connectivity index (χ1n) is 6.00. The Morgan fingerprint density at radius 2 is 2.17 bits per heavy atom. The van der Waals surface area contributed by atoms with Gasteiger partial charge in [0.2, 0.25) is 5.91 Å². The van der Waals surface area contributed by atoms with E-state index >= 15 is 0 Å². The summed E-state index contributed by atoms with van der Waals surface area (Å²) in [5, 5.41) is 0.705. The number of thioether (sulfide) groups is 1. The van der Waals surface area contributed by atoms with Crippen LogP contribution in [-0.2, 0) is 14.6 Å². The van der Waals surface area contributed by atoms with Crippen molar-refractivity contribution in [1.82, 2.24) is 4.90 Å². The van der Waals surface area contributed by atoms with Crippen LogP contribution in [0.1, 0.15) is 20.3 Å². The number of hydrogen-bond acceptors (Lipinski definition) is 4. The van der Waals surface area contributed by atoms with Gasteiger partial charge in [-0.05, 0) is 5.92 Å². The SMILES string of the molecule is CC(C)CC(=O)N=C1SC2CS(=O)(=O)CC2N1C. The first-order chi connectivity index (χ1) is 8.28. The van der Waals surface area contributed by atoms with Gasteiger partial charge in [-0.3, -0.25) is 4.79 Å². The quantitative estimate of drug-likeness (QED) is 0.751. The number of carbonyl (C=O) groups excluding carboxylic acids is 1. The van der Waals surface area contributed by atoms with E-state index < -0.39 is 9.84 Å². The molecule has 18 heavy (non-hydrogen) atoms. The van der Waals surface area contributed by atoms with Gasteiger partial charge in [-0.2, -0.15) is 4.99 Å². The van der Waals surface area contributed by atoms with Gasteiger partial charge < -0.3 is 4.90 Å². The Morgan fingerprint density at radius 3 is 2.72 bits per heavy atom. The third-order valence-electron chi connectivity index (χ3n) is 3.13. The molecule has 102 valence electrons. The highest BCUT2D eigenvalue weighted by atomic mass is 32.2. The predicted molar refractivity (Wildman–Crippen MR) is 73.5 cm³/mol. The molecule has 2 atom stereocenters. The highest BCUT2D eigenvalue weighted by Gasteiger charge is 2.47. The van der Waals surface area contributed by atoms with E-state index in [4.69, 9.17) is 0 Å². The van der Waals surface area contributed by atoms with E-state index in [1.807, 2.05) is 25.8 Å². The summed E-state index contributed by atoms with van der Waals surface area (Å²) in [5.74, 6) is 0.545. The Hall–Kier alpha value is -0.560. The lowest BCUT2D eigenvalue weighted by molar-refractivity contribution is -0.118. The Morgan fingerprint density at radius 1 is 1.50 bits per heavy atom. The Labute approximate surface area is 112 Å². The van der Waals surface area contributed by atoms with Crippen LogP contribution in [0.5, 0.6) is 0 Å². The van der Waals surface area contributed by atoms with Crippen molar-refractivity contribution in [2.45, 2.75) is 31.6 Å². The summed E-state index contributed by atoms with van der Waals surface area (Å²) in [7, 11) is -1.09. The first-order valence-corrected chi connectivity index (χ1v) is 8.70. The van der Waals surface area contributed by atoms with Gasteiger partial charge in [-0.1, -0.05) is 25.6 Å². The second-order valence-corrected chi connectivity index (χ2v) is 8.66. The average molecular weight is 290 g/mol. The molecule has 0 aromatic heterocycles. The molecule has 1 amide bonds. The number of fused-ring (bicyclic) bond motifs is 1. The second kappa shape index (κ2) is 4.85. The Balaban J connectivity index is 2.08. The van der Waals surface area contributed by atoms with Crippen LogP contribution in [0.2, 0.25) is 0 Å². The topological polar surface area (TPSA) is 66.8 Å². The number of hydrogen-bond donors (Lipinski definition) is 0. The molecule has 0 bridgehead atoms. The molecule has 0 N–H and O–H groups in total. The summed E-state index contributed by atoms with van der Waals surface area (Å²) in [6.07, 6.45) is 0.436. The van der Waals surface area contributed by atoms with Crippen LogP contribution in [0.15, 0.2) is 4.99 Å². The lowest BCUT2D eigenvalue weighted by Gasteiger charge is -2.17. The lowest BCUT2D eigenvalue weighted by Crippen LogP contribution is -2.34. The highest BCUT2D eigenvalue weighted by Crippen LogP contribution is 2.36. The van der Waals surface area contributed by atoms with Gasteiger partial charge in [0, 0.05) is 18.7 Å². The summed E-state index contributed by atoms with van der Waals surface area (Å²) < 4.78 is 23.0. The minimum Gasteiger partial charge on any atom is -0.349 e. The molecular weight excluding hydrogens is 272 g/mol. The van der Waals surface area contributed by atoms with E-state index in [1.165, 1.54) is 11.8 Å². The predicted octanol–water partition coefficient (Wildman–Crippen LogP) is 0.759. The molecule has 5 nitrogen and oxygen atoms in total. The molecule has 2 saturated heterocycles. The lowest BCUT2D eigenvalue weighted by atomic mass is 10.1. The Kier molecular flexibility index (Phi) is 3.73. The van der Waals surface area contributed by atoms with Crippen molar-refractivity contribution in [3.05, 3.63) is 0 Å². The van der Waals surface area contributed by atoms with Crippen molar-refractivity contribution in [2.24, 2.45) is 10.9 Å². The molecule has 0 aliphatic carbocycles. The van der Waals surface area contributed by atoms with Crippen molar-refractivity contribution in [2.75, 3.05) is 18.6 Å². The standard InChI is InChI=1S/C11H18N2O3S2/c1-7(2)4-10(14)12-11-13(3)8-5-18(15,16)6-9(8)17-11/h7-9H,4-6H2,1-3H3. The molecule has 0 saturated carbocycles. The summed E-state index contributed by atoms with van der Waals surface area (Å²) in [4.78, 5) is 17.6. The molecule has 0 spiro atoms. The monoisotopic (exact) mass is 290 g/mol. The van der Waals surface area contributed by atoms with Gasteiger partial charge in [0.05, 0.1) is 17.5 Å². The van der Waals surface area contributed by atoms with E-state index in [2.05, 4.69) is 4.99 Å². The number of rotatable bonds is 2. The number of amidine groups is 1. The van der Waals surface area contributed by atoms with Gasteiger partial charge >= 0.3 is 0 Å². The molecule has 0 aromatic carbocycles. The summed E-state index contributed by atoms with van der Waals surface area (Å²) >= 11 is 1.42. The maximum atomic E-state index is 11.7. The highest BCUT2D eigenvalue weighted by molar-refractivity contribution is 8.15. The fraction of sp³-hybridized carbons (Fsp3) is 0.818. The van der Waals surface area contributed by atoms with Crippen LogP contribution in [0, 0.1) is 5.92 Å². The van der Waals surface area contributed by atoms with Gasteiger partial charge in [-0.25, -0.2) is 8.42 Å². The zero-order valence-corrected chi connectivity index (χ0v) is 12.4. The van der Waals surface area contributed by atoms with E-state index in [1.54, 1.807) is 0 Å². The second-order valence-electron chi connectivity index (χ2n) is 5.30.